The normalized spacial score (nSPS) is 18.4. The lowest BCUT2D eigenvalue weighted by Gasteiger charge is -2.19. The van der Waals surface area contributed by atoms with E-state index in [0.29, 0.717) is 22.6 Å². The molecule has 1 N–H and O–H groups in total. The van der Waals surface area contributed by atoms with E-state index < -0.39 is 0 Å². The van der Waals surface area contributed by atoms with Gasteiger partial charge in [-0.3, -0.25) is 14.5 Å². The Morgan fingerprint density at radius 1 is 1.43 bits per heavy atom. The van der Waals surface area contributed by atoms with Crippen LogP contribution in [0.25, 0.3) is 6.08 Å². The standard InChI is InChI=1S/C15H17NO4S/c1-4-9(2)16-14(18)13(21-15(16)19)8-10-5-6-12(20-3)11(17)7-10/h5-9,17H,4H2,1-3H3. The van der Waals surface area contributed by atoms with Crippen LogP contribution < -0.4 is 4.74 Å². The Labute approximate surface area is 127 Å². The van der Waals surface area contributed by atoms with Gasteiger partial charge in [0.05, 0.1) is 12.0 Å². The first-order valence-electron chi connectivity index (χ1n) is 6.62. The van der Waals surface area contributed by atoms with Crippen LogP contribution in [0.4, 0.5) is 4.79 Å². The smallest absolute Gasteiger partial charge is 0.293 e. The minimum atomic E-state index is -0.283. The Morgan fingerprint density at radius 2 is 2.14 bits per heavy atom. The Morgan fingerprint density at radius 3 is 2.71 bits per heavy atom. The molecule has 0 saturated carbocycles. The molecular weight excluding hydrogens is 290 g/mol. The molecule has 1 heterocycles. The Kier molecular flexibility index (Phi) is 4.57. The Balaban J connectivity index is 2.28. The molecule has 2 rings (SSSR count). The average molecular weight is 307 g/mol. The van der Waals surface area contributed by atoms with Crippen LogP contribution in [-0.4, -0.2) is 34.3 Å². The van der Waals surface area contributed by atoms with Crippen LogP contribution in [-0.2, 0) is 4.79 Å². The summed E-state index contributed by atoms with van der Waals surface area (Å²) in [6.07, 6.45) is 2.32. The zero-order valence-electron chi connectivity index (χ0n) is 12.1. The lowest BCUT2D eigenvalue weighted by molar-refractivity contribution is -0.124. The van der Waals surface area contributed by atoms with Crippen LogP contribution in [0.1, 0.15) is 25.8 Å². The molecule has 0 aromatic heterocycles. The van der Waals surface area contributed by atoms with Crippen molar-refractivity contribution in [2.24, 2.45) is 0 Å². The molecule has 1 atom stereocenters. The fourth-order valence-corrected chi connectivity index (χ4v) is 2.92. The average Bonchev–Trinajstić information content (AvgIpc) is 2.73. The molecule has 1 unspecified atom stereocenters. The van der Waals surface area contributed by atoms with Crippen molar-refractivity contribution in [2.75, 3.05) is 7.11 Å². The molecule has 112 valence electrons. The molecule has 5 nitrogen and oxygen atoms in total. The highest BCUT2D eigenvalue weighted by Crippen LogP contribution is 2.35. The molecule has 1 aliphatic rings. The zero-order chi connectivity index (χ0) is 15.6. The van der Waals surface area contributed by atoms with Gasteiger partial charge in [0.15, 0.2) is 11.5 Å². The van der Waals surface area contributed by atoms with Gasteiger partial charge >= 0.3 is 0 Å². The minimum absolute atomic E-state index is 0.00703. The first-order chi connectivity index (χ1) is 9.97. The molecule has 1 aromatic rings. The van der Waals surface area contributed by atoms with Crippen LogP contribution in [0.5, 0.6) is 11.5 Å². The van der Waals surface area contributed by atoms with Crippen molar-refractivity contribution in [3.63, 3.8) is 0 Å². The number of hydrogen-bond donors (Lipinski definition) is 1. The highest BCUT2D eigenvalue weighted by atomic mass is 32.2. The van der Waals surface area contributed by atoms with Crippen molar-refractivity contribution in [3.05, 3.63) is 28.7 Å². The second-order valence-electron chi connectivity index (χ2n) is 4.74. The van der Waals surface area contributed by atoms with Gasteiger partial charge < -0.3 is 9.84 Å². The number of carbonyl (C=O) groups excluding carboxylic acids is 2. The fourth-order valence-electron chi connectivity index (χ4n) is 1.99. The number of imide groups is 1. The highest BCUT2D eigenvalue weighted by molar-refractivity contribution is 8.18. The summed E-state index contributed by atoms with van der Waals surface area (Å²) in [4.78, 5) is 25.8. The number of aromatic hydroxyl groups is 1. The summed E-state index contributed by atoms with van der Waals surface area (Å²) in [5, 5.41) is 9.49. The number of methoxy groups -OCH3 is 1. The van der Waals surface area contributed by atoms with Gasteiger partial charge in [0.2, 0.25) is 0 Å². The van der Waals surface area contributed by atoms with E-state index >= 15 is 0 Å². The van der Waals surface area contributed by atoms with Gasteiger partial charge in [-0.15, -0.1) is 0 Å². The molecule has 1 saturated heterocycles. The van der Waals surface area contributed by atoms with Crippen molar-refractivity contribution >= 4 is 29.0 Å². The molecular formula is C15H17NO4S. The molecule has 1 fully saturated rings. The van der Waals surface area contributed by atoms with Crippen LogP contribution in [0.15, 0.2) is 23.1 Å². The SMILES string of the molecule is CCC(C)N1C(=O)SC(=Cc2ccc(OC)c(O)c2)C1=O. The van der Waals surface area contributed by atoms with Gasteiger partial charge in [-0.25, -0.2) is 0 Å². The zero-order valence-corrected chi connectivity index (χ0v) is 12.9. The highest BCUT2D eigenvalue weighted by Gasteiger charge is 2.37. The second kappa shape index (κ2) is 6.22. The Hall–Kier alpha value is -1.95. The van der Waals surface area contributed by atoms with E-state index in [1.54, 1.807) is 18.2 Å². The van der Waals surface area contributed by atoms with Gasteiger partial charge in [0.1, 0.15) is 0 Å². The number of phenolic OH excluding ortho intramolecular Hbond substituents is 1. The number of thioether (sulfide) groups is 1. The maximum absolute atomic E-state index is 12.3. The van der Waals surface area contributed by atoms with Gasteiger partial charge in [-0.2, -0.15) is 0 Å². The van der Waals surface area contributed by atoms with E-state index in [1.807, 2.05) is 13.8 Å². The second-order valence-corrected chi connectivity index (χ2v) is 5.73. The van der Waals surface area contributed by atoms with Crippen LogP contribution in [0, 0.1) is 0 Å². The van der Waals surface area contributed by atoms with Crippen molar-refractivity contribution in [1.29, 1.82) is 0 Å². The first-order valence-corrected chi connectivity index (χ1v) is 7.43. The quantitative estimate of drug-likeness (QED) is 0.865. The van der Waals surface area contributed by atoms with Crippen molar-refractivity contribution in [3.8, 4) is 11.5 Å². The largest absolute Gasteiger partial charge is 0.504 e. The number of amides is 2. The number of nitrogens with zero attached hydrogens (tertiary/aromatic N) is 1. The van der Waals surface area contributed by atoms with E-state index in [4.69, 9.17) is 4.74 Å². The molecule has 1 aromatic carbocycles. The molecule has 0 radical (unpaired) electrons. The topological polar surface area (TPSA) is 66.8 Å². The third kappa shape index (κ3) is 3.05. The van der Waals surface area contributed by atoms with Crippen molar-refractivity contribution in [2.45, 2.75) is 26.3 Å². The van der Waals surface area contributed by atoms with E-state index in [-0.39, 0.29) is 22.9 Å². The lowest BCUT2D eigenvalue weighted by atomic mass is 10.1. The number of hydrogen-bond acceptors (Lipinski definition) is 5. The first kappa shape index (κ1) is 15.4. The lowest BCUT2D eigenvalue weighted by Crippen LogP contribution is -2.36. The van der Waals surface area contributed by atoms with E-state index in [9.17, 15) is 14.7 Å². The summed E-state index contributed by atoms with van der Waals surface area (Å²) < 4.78 is 4.97. The van der Waals surface area contributed by atoms with Crippen LogP contribution in [0.3, 0.4) is 0 Å². The van der Waals surface area contributed by atoms with Gasteiger partial charge in [0.25, 0.3) is 11.1 Å². The number of phenols is 1. The predicted molar refractivity (Wildman–Crippen MR) is 82.2 cm³/mol. The summed E-state index contributed by atoms with van der Waals surface area (Å²) in [6, 6.07) is 4.71. The summed E-state index contributed by atoms with van der Waals surface area (Å²) >= 11 is 0.922. The molecule has 2 amide bonds. The van der Waals surface area contributed by atoms with Crippen molar-refractivity contribution < 1.29 is 19.4 Å². The fraction of sp³-hybridized carbons (Fsp3) is 0.333. The monoisotopic (exact) mass is 307 g/mol. The molecule has 21 heavy (non-hydrogen) atoms. The third-order valence-electron chi connectivity index (χ3n) is 3.36. The summed E-state index contributed by atoms with van der Waals surface area (Å²) in [5.74, 6) is 0.0712. The summed E-state index contributed by atoms with van der Waals surface area (Å²) in [7, 11) is 1.46. The maximum Gasteiger partial charge on any atom is 0.293 e. The molecule has 0 bridgehead atoms. The number of carbonyl (C=O) groups is 2. The van der Waals surface area contributed by atoms with Crippen LogP contribution >= 0.6 is 11.8 Å². The van der Waals surface area contributed by atoms with E-state index in [1.165, 1.54) is 18.1 Å². The predicted octanol–water partition coefficient (Wildman–Crippen LogP) is 3.24. The summed E-state index contributed by atoms with van der Waals surface area (Å²) in [6.45, 7) is 3.78. The molecule has 6 heteroatoms. The molecule has 0 spiro atoms. The number of ether oxygens (including phenoxy) is 1. The summed E-state index contributed by atoms with van der Waals surface area (Å²) in [5.41, 5.74) is 0.642. The van der Waals surface area contributed by atoms with E-state index in [2.05, 4.69) is 0 Å². The minimum Gasteiger partial charge on any atom is -0.504 e. The van der Waals surface area contributed by atoms with E-state index in [0.717, 1.165) is 11.8 Å². The maximum atomic E-state index is 12.3. The Bertz CT molecular complexity index is 612. The van der Waals surface area contributed by atoms with Crippen LogP contribution in [0.2, 0.25) is 0 Å². The molecule has 0 aliphatic carbocycles. The number of rotatable bonds is 4. The van der Waals surface area contributed by atoms with Gasteiger partial charge in [0, 0.05) is 6.04 Å². The van der Waals surface area contributed by atoms with Gasteiger partial charge in [-0.05, 0) is 48.9 Å². The molecule has 1 aliphatic heterocycles. The number of benzene rings is 1. The van der Waals surface area contributed by atoms with Crippen molar-refractivity contribution in [1.82, 2.24) is 4.90 Å². The van der Waals surface area contributed by atoms with Gasteiger partial charge in [-0.1, -0.05) is 13.0 Å². The third-order valence-corrected chi connectivity index (χ3v) is 4.24.